The number of esters is 1. The average Bonchev–Trinajstić information content (AvgIpc) is 2.57. The number of non-ortho nitro benzene ring substituents is 1. The van der Waals surface area contributed by atoms with Crippen LogP contribution >= 0.6 is 23.2 Å². The number of hydrogen-bond acceptors (Lipinski definition) is 5. The van der Waals surface area contributed by atoms with Crippen molar-refractivity contribution in [2.75, 3.05) is 5.32 Å². The number of nitro benzene ring substituents is 1. The summed E-state index contributed by atoms with van der Waals surface area (Å²) in [5.74, 6) is -1.38. The lowest BCUT2D eigenvalue weighted by Crippen LogP contribution is -2.30. The fraction of sp³-hybridized carbons (Fsp3) is 0.125. The van der Waals surface area contributed by atoms with Gasteiger partial charge >= 0.3 is 5.97 Å². The van der Waals surface area contributed by atoms with Crippen molar-refractivity contribution in [2.45, 2.75) is 13.0 Å². The number of benzene rings is 2. The Hall–Kier alpha value is -2.64. The van der Waals surface area contributed by atoms with Crippen LogP contribution in [0.4, 0.5) is 11.4 Å². The Morgan fingerprint density at radius 1 is 1.16 bits per heavy atom. The molecule has 2 aromatic carbocycles. The summed E-state index contributed by atoms with van der Waals surface area (Å²) in [6, 6.07) is 9.59. The molecule has 1 atom stereocenters. The number of carbonyl (C=O) groups is 2. The van der Waals surface area contributed by atoms with Gasteiger partial charge in [-0.1, -0.05) is 23.2 Å². The van der Waals surface area contributed by atoms with E-state index in [1.807, 2.05) is 0 Å². The highest BCUT2D eigenvalue weighted by atomic mass is 35.5. The summed E-state index contributed by atoms with van der Waals surface area (Å²) in [5.41, 5.74) is 0.0539. The third kappa shape index (κ3) is 4.91. The van der Waals surface area contributed by atoms with Gasteiger partial charge in [0.15, 0.2) is 6.10 Å². The SMILES string of the molecule is CC(OC(=O)c1ccc(Cl)cc1)C(=O)Nc1cc([N+](=O)[O-])ccc1Cl. The second-order valence-corrected chi connectivity index (χ2v) is 5.81. The fourth-order valence-electron chi connectivity index (χ4n) is 1.83. The van der Waals surface area contributed by atoms with Gasteiger partial charge in [-0.2, -0.15) is 0 Å². The van der Waals surface area contributed by atoms with Gasteiger partial charge in [-0.15, -0.1) is 0 Å². The smallest absolute Gasteiger partial charge is 0.338 e. The van der Waals surface area contributed by atoms with Gasteiger partial charge in [0, 0.05) is 17.2 Å². The molecule has 7 nitrogen and oxygen atoms in total. The molecule has 0 fully saturated rings. The van der Waals surface area contributed by atoms with Crippen LogP contribution in [0.5, 0.6) is 0 Å². The number of hydrogen-bond donors (Lipinski definition) is 1. The van der Waals surface area contributed by atoms with E-state index in [-0.39, 0.29) is 22.0 Å². The van der Waals surface area contributed by atoms with E-state index in [1.165, 1.54) is 43.3 Å². The maximum absolute atomic E-state index is 12.1. The van der Waals surface area contributed by atoms with Crippen LogP contribution in [0.25, 0.3) is 0 Å². The predicted octanol–water partition coefficient (Wildman–Crippen LogP) is 4.09. The standard InChI is InChI=1S/C16H12Cl2N2O5/c1-9(25-16(22)10-2-4-11(17)5-3-10)15(21)19-14-8-12(20(23)24)6-7-13(14)18/h2-9H,1H3,(H,19,21). The highest BCUT2D eigenvalue weighted by molar-refractivity contribution is 6.33. The lowest BCUT2D eigenvalue weighted by atomic mass is 10.2. The van der Waals surface area contributed by atoms with E-state index in [4.69, 9.17) is 27.9 Å². The van der Waals surface area contributed by atoms with E-state index in [0.29, 0.717) is 5.02 Å². The van der Waals surface area contributed by atoms with Crippen LogP contribution in [-0.2, 0) is 9.53 Å². The molecule has 2 rings (SSSR count). The van der Waals surface area contributed by atoms with E-state index in [1.54, 1.807) is 0 Å². The lowest BCUT2D eigenvalue weighted by molar-refractivity contribution is -0.384. The molecule has 9 heteroatoms. The Morgan fingerprint density at radius 2 is 1.80 bits per heavy atom. The number of amides is 1. The number of carbonyl (C=O) groups excluding carboxylic acids is 2. The molecule has 0 bridgehead atoms. The minimum atomic E-state index is -1.14. The van der Waals surface area contributed by atoms with E-state index >= 15 is 0 Å². The zero-order chi connectivity index (χ0) is 18.6. The Morgan fingerprint density at radius 3 is 2.40 bits per heavy atom. The van der Waals surface area contributed by atoms with Crippen molar-refractivity contribution in [1.82, 2.24) is 0 Å². The Kier molecular flexibility index (Phi) is 5.95. The highest BCUT2D eigenvalue weighted by Gasteiger charge is 2.21. The molecule has 0 aliphatic rings. The third-order valence-electron chi connectivity index (χ3n) is 3.15. The maximum Gasteiger partial charge on any atom is 0.338 e. The first-order valence-corrected chi connectivity index (χ1v) is 7.75. The van der Waals surface area contributed by atoms with Gasteiger partial charge in [-0.3, -0.25) is 14.9 Å². The summed E-state index contributed by atoms with van der Waals surface area (Å²) >= 11 is 11.6. The van der Waals surface area contributed by atoms with Crippen LogP contribution in [0.2, 0.25) is 10.0 Å². The minimum Gasteiger partial charge on any atom is -0.449 e. The van der Waals surface area contributed by atoms with Crippen molar-refractivity contribution in [3.05, 3.63) is 68.2 Å². The largest absolute Gasteiger partial charge is 0.449 e. The van der Waals surface area contributed by atoms with Crippen LogP contribution < -0.4 is 5.32 Å². The topological polar surface area (TPSA) is 98.5 Å². The maximum atomic E-state index is 12.1. The molecule has 0 spiro atoms. The highest BCUT2D eigenvalue weighted by Crippen LogP contribution is 2.27. The summed E-state index contributed by atoms with van der Waals surface area (Å²) in [4.78, 5) is 34.3. The molecule has 0 aromatic heterocycles. The first kappa shape index (κ1) is 18.7. The lowest BCUT2D eigenvalue weighted by Gasteiger charge is -2.14. The van der Waals surface area contributed by atoms with E-state index in [0.717, 1.165) is 6.07 Å². The molecule has 0 saturated carbocycles. The number of ether oxygens (including phenoxy) is 1. The van der Waals surface area contributed by atoms with Crippen molar-refractivity contribution in [3.63, 3.8) is 0 Å². The van der Waals surface area contributed by atoms with E-state index < -0.39 is 22.9 Å². The quantitative estimate of drug-likeness (QED) is 0.477. The number of rotatable bonds is 5. The van der Waals surface area contributed by atoms with E-state index in [9.17, 15) is 19.7 Å². The van der Waals surface area contributed by atoms with Crippen LogP contribution in [-0.4, -0.2) is 22.9 Å². The van der Waals surface area contributed by atoms with Gasteiger partial charge in [-0.05, 0) is 37.3 Å². The van der Waals surface area contributed by atoms with Crippen molar-refractivity contribution < 1.29 is 19.2 Å². The molecule has 130 valence electrons. The summed E-state index contributed by atoms with van der Waals surface area (Å²) in [7, 11) is 0. The normalized spacial score (nSPS) is 11.5. The van der Waals surface area contributed by atoms with Gasteiger partial charge in [0.25, 0.3) is 11.6 Å². The Bertz CT molecular complexity index is 824. The monoisotopic (exact) mass is 382 g/mol. The summed E-state index contributed by atoms with van der Waals surface area (Å²) in [6.45, 7) is 1.37. The van der Waals surface area contributed by atoms with Crippen LogP contribution in [0.15, 0.2) is 42.5 Å². The van der Waals surface area contributed by atoms with Crippen LogP contribution in [0.3, 0.4) is 0 Å². The van der Waals surface area contributed by atoms with Crippen molar-refractivity contribution in [1.29, 1.82) is 0 Å². The van der Waals surface area contributed by atoms with Crippen molar-refractivity contribution >= 4 is 46.5 Å². The molecule has 0 aliphatic carbocycles. The number of halogens is 2. The van der Waals surface area contributed by atoms with Gasteiger partial charge < -0.3 is 10.1 Å². The van der Waals surface area contributed by atoms with Gasteiger partial charge in [0.2, 0.25) is 0 Å². The average molecular weight is 383 g/mol. The Labute approximate surface area is 152 Å². The molecule has 1 unspecified atom stereocenters. The number of nitrogens with one attached hydrogen (secondary N) is 1. The molecule has 1 amide bonds. The van der Waals surface area contributed by atoms with Gasteiger partial charge in [0.1, 0.15) is 0 Å². The van der Waals surface area contributed by atoms with Crippen LogP contribution in [0, 0.1) is 10.1 Å². The third-order valence-corrected chi connectivity index (χ3v) is 3.73. The summed E-state index contributed by atoms with van der Waals surface area (Å²) in [6.07, 6.45) is -1.14. The molecule has 0 radical (unpaired) electrons. The molecular formula is C16H12Cl2N2O5. The molecule has 25 heavy (non-hydrogen) atoms. The van der Waals surface area contributed by atoms with Crippen LogP contribution in [0.1, 0.15) is 17.3 Å². The summed E-state index contributed by atoms with van der Waals surface area (Å²) in [5, 5.41) is 13.8. The molecule has 1 N–H and O–H groups in total. The molecule has 0 heterocycles. The van der Waals surface area contributed by atoms with Crippen molar-refractivity contribution in [3.8, 4) is 0 Å². The number of nitrogens with zero attached hydrogens (tertiary/aromatic N) is 1. The second kappa shape index (κ2) is 7.96. The van der Waals surface area contributed by atoms with Crippen molar-refractivity contribution in [2.24, 2.45) is 0 Å². The molecule has 0 aliphatic heterocycles. The first-order chi connectivity index (χ1) is 11.8. The summed E-state index contributed by atoms with van der Waals surface area (Å²) < 4.78 is 5.06. The fourth-order valence-corrected chi connectivity index (χ4v) is 2.12. The number of nitro groups is 1. The molecular weight excluding hydrogens is 371 g/mol. The molecule has 2 aromatic rings. The van der Waals surface area contributed by atoms with Gasteiger partial charge in [-0.25, -0.2) is 4.79 Å². The van der Waals surface area contributed by atoms with Gasteiger partial charge in [0.05, 0.1) is 21.2 Å². The minimum absolute atomic E-state index is 0.0512. The first-order valence-electron chi connectivity index (χ1n) is 6.99. The van der Waals surface area contributed by atoms with E-state index in [2.05, 4.69) is 5.32 Å². The second-order valence-electron chi connectivity index (χ2n) is 4.96. The zero-order valence-electron chi connectivity index (χ0n) is 12.9. The predicted molar refractivity (Wildman–Crippen MR) is 93.1 cm³/mol. The Balaban J connectivity index is 2.05. The number of anilines is 1. The zero-order valence-corrected chi connectivity index (χ0v) is 14.4. The molecule has 0 saturated heterocycles.